The minimum atomic E-state index is -0.103. The second-order valence-corrected chi connectivity index (χ2v) is 10.3. The Balaban J connectivity index is 1.17. The van der Waals surface area contributed by atoms with Gasteiger partial charge in [0.2, 0.25) is 0 Å². The first-order chi connectivity index (χ1) is 17.7. The zero-order valence-corrected chi connectivity index (χ0v) is 20.7. The maximum atomic E-state index is 13.4. The van der Waals surface area contributed by atoms with E-state index < -0.39 is 0 Å². The number of aromatic nitrogens is 1. The highest BCUT2D eigenvalue weighted by molar-refractivity contribution is 6.03. The van der Waals surface area contributed by atoms with Crippen LogP contribution in [0, 0.1) is 0 Å². The second-order valence-electron chi connectivity index (χ2n) is 10.3. The Bertz CT molecular complexity index is 1210. The predicted octanol–water partition coefficient (Wildman–Crippen LogP) is 5.39. The summed E-state index contributed by atoms with van der Waals surface area (Å²) in [5, 5.41) is 3.08. The van der Waals surface area contributed by atoms with Crippen LogP contribution in [0.1, 0.15) is 47.4 Å². The number of fused-ring (bicyclic) bond motifs is 2. The summed E-state index contributed by atoms with van der Waals surface area (Å²) in [6, 6.07) is 21.3. The van der Waals surface area contributed by atoms with Gasteiger partial charge in [-0.25, -0.2) is 9.78 Å². The molecule has 1 saturated heterocycles. The topological polar surface area (TPSA) is 57.7 Å². The lowest BCUT2D eigenvalue weighted by Gasteiger charge is -2.37. The molecule has 36 heavy (non-hydrogen) atoms. The fraction of sp³-hybridized carbons (Fsp3) is 0.400. The Morgan fingerprint density at radius 1 is 1.03 bits per heavy atom. The van der Waals surface area contributed by atoms with Gasteiger partial charge >= 0.3 is 6.03 Å². The average molecular weight is 483 g/mol. The molecular weight excluding hydrogens is 448 g/mol. The molecule has 0 radical (unpaired) electrons. The molecule has 0 bridgehead atoms. The first-order valence-corrected chi connectivity index (χ1v) is 13.3. The van der Waals surface area contributed by atoms with Gasteiger partial charge in [0.1, 0.15) is 5.82 Å². The molecular formula is C30H34N4O2. The third-order valence-corrected chi connectivity index (χ3v) is 7.91. The van der Waals surface area contributed by atoms with E-state index in [0.29, 0.717) is 18.4 Å². The van der Waals surface area contributed by atoms with Crippen LogP contribution < -0.4 is 10.2 Å². The summed E-state index contributed by atoms with van der Waals surface area (Å²) in [5.41, 5.74) is 6.22. The van der Waals surface area contributed by atoms with Crippen molar-refractivity contribution in [2.45, 2.75) is 50.6 Å². The van der Waals surface area contributed by atoms with Crippen molar-refractivity contribution < 1.29 is 9.53 Å². The summed E-state index contributed by atoms with van der Waals surface area (Å²) < 4.78 is 5.90. The van der Waals surface area contributed by atoms with E-state index in [2.05, 4.69) is 69.8 Å². The molecule has 6 heteroatoms. The Hall–Kier alpha value is -3.22. The van der Waals surface area contributed by atoms with E-state index in [1.807, 2.05) is 17.2 Å². The number of amides is 2. The van der Waals surface area contributed by atoms with Crippen LogP contribution in [-0.2, 0) is 24.1 Å². The van der Waals surface area contributed by atoms with E-state index in [1.54, 1.807) is 0 Å². The van der Waals surface area contributed by atoms with Crippen LogP contribution in [-0.4, -0.2) is 48.3 Å². The fourth-order valence-corrected chi connectivity index (χ4v) is 6.01. The summed E-state index contributed by atoms with van der Waals surface area (Å²) in [7, 11) is 0. The number of urea groups is 1. The van der Waals surface area contributed by atoms with E-state index in [4.69, 9.17) is 4.74 Å². The van der Waals surface area contributed by atoms with Crippen molar-refractivity contribution in [3.05, 3.63) is 89.1 Å². The van der Waals surface area contributed by atoms with Crippen LogP contribution in [0.25, 0.3) is 0 Å². The molecule has 3 aromatic rings. The second kappa shape index (κ2) is 10.4. The smallest absolute Gasteiger partial charge is 0.327 e. The van der Waals surface area contributed by atoms with Crippen molar-refractivity contribution in [3.8, 4) is 0 Å². The lowest BCUT2D eigenvalue weighted by Crippen LogP contribution is -2.46. The number of nitrogens with zero attached hydrogens (tertiary/aromatic N) is 3. The number of rotatable bonds is 5. The van der Waals surface area contributed by atoms with E-state index in [-0.39, 0.29) is 11.9 Å². The van der Waals surface area contributed by atoms with Crippen molar-refractivity contribution in [3.63, 3.8) is 0 Å². The lowest BCUT2D eigenvalue weighted by molar-refractivity contribution is -0.0164. The Morgan fingerprint density at radius 3 is 2.72 bits per heavy atom. The summed E-state index contributed by atoms with van der Waals surface area (Å²) in [6.45, 7) is 4.04. The molecule has 6 rings (SSSR count). The maximum absolute atomic E-state index is 13.4. The Labute approximate surface area is 213 Å². The number of para-hydroxylation sites is 1. The van der Waals surface area contributed by atoms with Crippen LogP contribution in [0.5, 0.6) is 0 Å². The summed E-state index contributed by atoms with van der Waals surface area (Å²) in [4.78, 5) is 22.4. The number of hydrogen-bond donors (Lipinski definition) is 1. The first-order valence-electron chi connectivity index (χ1n) is 13.3. The van der Waals surface area contributed by atoms with Gasteiger partial charge in [0, 0.05) is 43.5 Å². The number of morpholine rings is 1. The summed E-state index contributed by atoms with van der Waals surface area (Å²) in [6.07, 6.45) is 7.49. The number of benzene rings is 2. The molecule has 3 heterocycles. The van der Waals surface area contributed by atoms with Gasteiger partial charge in [-0.3, -0.25) is 15.1 Å². The van der Waals surface area contributed by atoms with Crippen molar-refractivity contribution in [1.82, 2.24) is 9.88 Å². The van der Waals surface area contributed by atoms with Gasteiger partial charge in [-0.15, -0.1) is 0 Å². The minimum absolute atomic E-state index is 0.103. The number of ether oxygens (including phenoxy) is 1. The molecule has 2 amide bonds. The number of pyridine rings is 1. The number of hydrogen-bond acceptors (Lipinski definition) is 4. The van der Waals surface area contributed by atoms with Gasteiger partial charge in [-0.2, -0.15) is 0 Å². The van der Waals surface area contributed by atoms with Crippen LogP contribution >= 0.6 is 0 Å². The zero-order valence-electron chi connectivity index (χ0n) is 20.7. The van der Waals surface area contributed by atoms with Crippen LogP contribution in [0.4, 0.5) is 16.3 Å². The largest absolute Gasteiger partial charge is 0.378 e. The fourth-order valence-electron chi connectivity index (χ4n) is 6.01. The summed E-state index contributed by atoms with van der Waals surface area (Å²) in [5.74, 6) is 0.921. The molecule has 2 unspecified atom stereocenters. The maximum Gasteiger partial charge on any atom is 0.327 e. The highest BCUT2D eigenvalue weighted by Crippen LogP contribution is 2.40. The number of anilines is 2. The van der Waals surface area contributed by atoms with Gasteiger partial charge in [0.15, 0.2) is 0 Å². The molecule has 2 aliphatic heterocycles. The number of carbonyl (C=O) groups is 1. The van der Waals surface area contributed by atoms with Gasteiger partial charge in [0.25, 0.3) is 0 Å². The first kappa shape index (κ1) is 23.2. The van der Waals surface area contributed by atoms with Crippen LogP contribution in [0.2, 0.25) is 0 Å². The molecule has 2 atom stereocenters. The van der Waals surface area contributed by atoms with Crippen molar-refractivity contribution >= 4 is 17.5 Å². The van der Waals surface area contributed by atoms with E-state index in [0.717, 1.165) is 51.3 Å². The normalized spacial score (nSPS) is 21.6. The van der Waals surface area contributed by atoms with E-state index in [9.17, 15) is 4.79 Å². The molecule has 1 fully saturated rings. The monoisotopic (exact) mass is 482 g/mol. The zero-order chi connectivity index (χ0) is 24.3. The van der Waals surface area contributed by atoms with Crippen LogP contribution in [0.3, 0.4) is 0 Å². The number of aryl methyl sites for hydroxylation is 2. The van der Waals surface area contributed by atoms with Crippen LogP contribution in [0.15, 0.2) is 66.9 Å². The highest BCUT2D eigenvalue weighted by Gasteiger charge is 2.36. The third-order valence-electron chi connectivity index (χ3n) is 7.91. The molecule has 1 N–H and O–H groups in total. The molecule has 0 spiro atoms. The lowest BCUT2D eigenvalue weighted by atomic mass is 9.93. The standard InChI is InChI=1S/C30H34N4O2/c35-30(32-29-17-23-10-4-5-11-24(23)18-31-29)34-20-25(27-12-6-7-13-28(27)34)16-26-21-36-15-14-33(26)19-22-8-2-1-3-9-22/h1-3,6-9,12-13,17-18,25-26H,4-5,10-11,14-16,19-21H2,(H,31,32,35). The number of carbonyl (C=O) groups excluding carboxylic acids is 1. The predicted molar refractivity (Wildman–Crippen MR) is 143 cm³/mol. The molecule has 2 aromatic carbocycles. The minimum Gasteiger partial charge on any atom is -0.378 e. The Morgan fingerprint density at radius 2 is 1.83 bits per heavy atom. The third kappa shape index (κ3) is 4.88. The average Bonchev–Trinajstić information content (AvgIpc) is 3.29. The molecule has 3 aliphatic rings. The van der Waals surface area contributed by atoms with Gasteiger partial charge in [-0.05, 0) is 66.5 Å². The van der Waals surface area contributed by atoms with E-state index >= 15 is 0 Å². The van der Waals surface area contributed by atoms with E-state index in [1.165, 1.54) is 35.1 Å². The van der Waals surface area contributed by atoms with Crippen molar-refractivity contribution in [1.29, 1.82) is 0 Å². The van der Waals surface area contributed by atoms with Gasteiger partial charge in [0.05, 0.1) is 13.2 Å². The molecule has 0 saturated carbocycles. The SMILES string of the molecule is O=C(Nc1cc2c(cn1)CCCC2)N1CC(CC2COCCN2Cc2ccccc2)c2ccccc21. The quantitative estimate of drug-likeness (QED) is 0.530. The Kier molecular flexibility index (Phi) is 6.71. The molecule has 186 valence electrons. The van der Waals surface area contributed by atoms with Gasteiger partial charge < -0.3 is 4.74 Å². The van der Waals surface area contributed by atoms with Crippen molar-refractivity contribution in [2.75, 3.05) is 36.5 Å². The molecule has 1 aliphatic carbocycles. The molecule has 1 aromatic heterocycles. The summed E-state index contributed by atoms with van der Waals surface area (Å²) >= 11 is 0. The highest BCUT2D eigenvalue weighted by atomic mass is 16.5. The van der Waals surface area contributed by atoms with Crippen molar-refractivity contribution in [2.24, 2.45) is 0 Å². The molecule has 6 nitrogen and oxygen atoms in total. The van der Waals surface area contributed by atoms with Gasteiger partial charge in [-0.1, -0.05) is 48.5 Å². The number of nitrogens with one attached hydrogen (secondary N) is 1.